The molecule has 1 heterocycles. The first kappa shape index (κ1) is 12.2. The number of nitrogens with two attached hydrogens (primary N) is 1. The van der Waals surface area contributed by atoms with Gasteiger partial charge in [-0.25, -0.2) is 4.98 Å². The van der Waals surface area contributed by atoms with E-state index in [1.807, 2.05) is 6.07 Å². The summed E-state index contributed by atoms with van der Waals surface area (Å²) < 4.78 is 5.54. The van der Waals surface area contributed by atoms with E-state index in [2.05, 4.69) is 4.98 Å². The smallest absolute Gasteiger partial charge is 0.220 e. The molecule has 0 aliphatic heterocycles. The Morgan fingerprint density at radius 1 is 1.33 bits per heavy atom. The number of nitrogens with zero attached hydrogens (tertiary/aromatic N) is 2. The summed E-state index contributed by atoms with van der Waals surface area (Å²) in [6.45, 7) is 1.79. The zero-order valence-corrected chi connectivity index (χ0v) is 10.4. The number of aryl methyl sites for hydroxylation is 1. The molecule has 2 N–H and O–H groups in total. The van der Waals surface area contributed by atoms with E-state index in [1.54, 1.807) is 37.3 Å². The van der Waals surface area contributed by atoms with Gasteiger partial charge in [0.25, 0.3) is 0 Å². The summed E-state index contributed by atoms with van der Waals surface area (Å²) in [6, 6.07) is 10.2. The van der Waals surface area contributed by atoms with Crippen LogP contribution >= 0.6 is 11.6 Å². The van der Waals surface area contributed by atoms with Crippen LogP contribution in [-0.2, 0) is 0 Å². The third-order valence-corrected chi connectivity index (χ3v) is 2.48. The number of anilines is 1. The van der Waals surface area contributed by atoms with E-state index in [0.717, 1.165) is 0 Å². The van der Waals surface area contributed by atoms with Gasteiger partial charge in [0.1, 0.15) is 0 Å². The fourth-order valence-corrected chi connectivity index (χ4v) is 1.63. The third-order valence-electron chi connectivity index (χ3n) is 2.25. The van der Waals surface area contributed by atoms with E-state index in [9.17, 15) is 0 Å². The largest absolute Gasteiger partial charge is 0.437 e. The zero-order valence-electron chi connectivity index (χ0n) is 9.64. The molecular weight excluding hydrogens is 250 g/mol. The van der Waals surface area contributed by atoms with Crippen molar-refractivity contribution >= 4 is 17.3 Å². The van der Waals surface area contributed by atoms with E-state index < -0.39 is 0 Å². The lowest BCUT2D eigenvalue weighted by atomic mass is 10.2. The summed E-state index contributed by atoms with van der Waals surface area (Å²) in [7, 11) is 0. The van der Waals surface area contributed by atoms with E-state index in [4.69, 9.17) is 27.3 Å². The topological polar surface area (TPSA) is 71.9 Å². The minimum absolute atomic E-state index is 0.320. The highest BCUT2D eigenvalue weighted by molar-refractivity contribution is 6.30. The molecule has 1 aromatic heterocycles. The van der Waals surface area contributed by atoms with Crippen molar-refractivity contribution in [3.63, 3.8) is 0 Å². The predicted octanol–water partition coefficient (Wildman–Crippen LogP) is 3.29. The average Bonchev–Trinajstić information content (AvgIpc) is 2.33. The molecule has 0 aliphatic rings. The van der Waals surface area contributed by atoms with Crippen molar-refractivity contribution in [2.75, 3.05) is 5.73 Å². The van der Waals surface area contributed by atoms with Crippen LogP contribution in [-0.4, -0.2) is 4.98 Å². The molecule has 2 aromatic rings. The Balaban J connectivity index is 2.37. The molecule has 0 radical (unpaired) electrons. The number of rotatable bonds is 2. The molecule has 90 valence electrons. The Hall–Kier alpha value is -2.25. The van der Waals surface area contributed by atoms with Crippen molar-refractivity contribution < 1.29 is 4.74 Å². The number of pyridine rings is 1. The minimum Gasteiger partial charge on any atom is -0.437 e. The molecule has 1 aromatic carbocycles. The van der Waals surface area contributed by atoms with Crippen molar-refractivity contribution in [3.05, 3.63) is 46.6 Å². The fraction of sp³-hybridized carbons (Fsp3) is 0.0769. The van der Waals surface area contributed by atoms with Crippen LogP contribution < -0.4 is 10.5 Å². The number of hydrogen-bond donors (Lipinski definition) is 1. The van der Waals surface area contributed by atoms with Crippen LogP contribution in [0, 0.1) is 18.3 Å². The van der Waals surface area contributed by atoms with Crippen molar-refractivity contribution in [2.24, 2.45) is 0 Å². The quantitative estimate of drug-likeness (QED) is 0.840. The Morgan fingerprint density at radius 2 is 2.11 bits per heavy atom. The van der Waals surface area contributed by atoms with Gasteiger partial charge in [-0.3, -0.25) is 0 Å². The second kappa shape index (κ2) is 4.94. The van der Waals surface area contributed by atoms with Gasteiger partial charge in [0.05, 0.1) is 17.3 Å². The Bertz CT molecular complexity index is 635. The molecule has 0 atom stereocenters. The summed E-state index contributed by atoms with van der Waals surface area (Å²) in [5, 5.41) is 9.39. The number of aromatic nitrogens is 1. The van der Waals surface area contributed by atoms with Gasteiger partial charge < -0.3 is 10.5 Å². The normalized spacial score (nSPS) is 9.83. The van der Waals surface area contributed by atoms with Crippen molar-refractivity contribution in [3.8, 4) is 17.7 Å². The van der Waals surface area contributed by atoms with Gasteiger partial charge in [0, 0.05) is 22.8 Å². The molecule has 0 saturated carbocycles. The molecule has 0 amide bonds. The van der Waals surface area contributed by atoms with Crippen LogP contribution in [0.15, 0.2) is 30.3 Å². The highest BCUT2D eigenvalue weighted by atomic mass is 35.5. The summed E-state index contributed by atoms with van der Waals surface area (Å²) in [4.78, 5) is 4.18. The highest BCUT2D eigenvalue weighted by Gasteiger charge is 2.06. The van der Waals surface area contributed by atoms with Crippen molar-refractivity contribution in [2.45, 2.75) is 6.92 Å². The van der Waals surface area contributed by atoms with Gasteiger partial charge in [-0.1, -0.05) is 11.6 Å². The van der Waals surface area contributed by atoms with Crippen LogP contribution in [0.25, 0.3) is 0 Å². The van der Waals surface area contributed by atoms with Crippen LogP contribution in [0.3, 0.4) is 0 Å². The molecule has 0 saturated heterocycles. The fourth-order valence-electron chi connectivity index (χ4n) is 1.46. The van der Waals surface area contributed by atoms with E-state index in [-0.39, 0.29) is 0 Å². The molecule has 0 spiro atoms. The van der Waals surface area contributed by atoms with Crippen LogP contribution in [0.1, 0.15) is 11.3 Å². The summed E-state index contributed by atoms with van der Waals surface area (Å²) in [5.74, 6) is 0.741. The van der Waals surface area contributed by atoms with Gasteiger partial charge in [-0.2, -0.15) is 5.26 Å². The minimum atomic E-state index is 0.320. The molecule has 0 aliphatic carbocycles. The maximum atomic E-state index is 8.87. The third kappa shape index (κ3) is 2.70. The standard InChI is InChI=1S/C13H10ClN3O/c1-8-4-9(7-15)5-13(17-8)18-12-6-10(14)2-3-11(12)16/h2-6H,16H2,1H3. The first-order valence-electron chi connectivity index (χ1n) is 5.20. The molecule has 4 nitrogen and oxygen atoms in total. The molecule has 0 bridgehead atoms. The number of halogens is 1. The number of ether oxygens (including phenoxy) is 1. The highest BCUT2D eigenvalue weighted by Crippen LogP contribution is 2.29. The molecule has 2 rings (SSSR count). The van der Waals surface area contributed by atoms with Gasteiger partial charge in [-0.05, 0) is 25.1 Å². The van der Waals surface area contributed by atoms with Crippen LogP contribution in [0.5, 0.6) is 11.6 Å². The first-order valence-corrected chi connectivity index (χ1v) is 5.58. The Labute approximate surface area is 110 Å². The van der Waals surface area contributed by atoms with E-state index in [0.29, 0.717) is 33.6 Å². The average molecular weight is 260 g/mol. The lowest BCUT2D eigenvalue weighted by Gasteiger charge is -2.08. The monoisotopic (exact) mass is 259 g/mol. The number of benzene rings is 1. The van der Waals surface area contributed by atoms with Crippen LogP contribution in [0.2, 0.25) is 5.02 Å². The molecule has 18 heavy (non-hydrogen) atoms. The summed E-state index contributed by atoms with van der Waals surface area (Å²) >= 11 is 5.86. The van der Waals surface area contributed by atoms with Crippen molar-refractivity contribution in [1.82, 2.24) is 4.98 Å². The molecule has 0 fully saturated rings. The maximum absolute atomic E-state index is 8.87. The van der Waals surface area contributed by atoms with Gasteiger partial charge in [0.2, 0.25) is 5.88 Å². The lowest BCUT2D eigenvalue weighted by molar-refractivity contribution is 0.464. The van der Waals surface area contributed by atoms with E-state index in [1.165, 1.54) is 0 Å². The predicted molar refractivity (Wildman–Crippen MR) is 69.6 cm³/mol. The van der Waals surface area contributed by atoms with Crippen LogP contribution in [0.4, 0.5) is 5.69 Å². The molecule has 0 unspecified atom stereocenters. The molecular formula is C13H10ClN3O. The Morgan fingerprint density at radius 3 is 2.83 bits per heavy atom. The SMILES string of the molecule is Cc1cc(C#N)cc(Oc2cc(Cl)ccc2N)n1. The lowest BCUT2D eigenvalue weighted by Crippen LogP contribution is -1.95. The van der Waals surface area contributed by atoms with Gasteiger partial charge in [-0.15, -0.1) is 0 Å². The second-order valence-electron chi connectivity index (χ2n) is 3.73. The molecule has 5 heteroatoms. The van der Waals surface area contributed by atoms with Gasteiger partial charge >= 0.3 is 0 Å². The number of hydrogen-bond acceptors (Lipinski definition) is 4. The zero-order chi connectivity index (χ0) is 13.1. The number of nitriles is 1. The maximum Gasteiger partial charge on any atom is 0.220 e. The second-order valence-corrected chi connectivity index (χ2v) is 4.17. The number of nitrogen functional groups attached to an aromatic ring is 1. The van der Waals surface area contributed by atoms with Crippen molar-refractivity contribution in [1.29, 1.82) is 5.26 Å². The van der Waals surface area contributed by atoms with Gasteiger partial charge in [0.15, 0.2) is 5.75 Å². The first-order chi connectivity index (χ1) is 8.58. The summed E-state index contributed by atoms with van der Waals surface area (Å²) in [5.41, 5.74) is 7.41. The Kier molecular flexibility index (Phi) is 3.35. The van der Waals surface area contributed by atoms with E-state index >= 15 is 0 Å². The summed E-state index contributed by atoms with van der Waals surface area (Å²) in [6.07, 6.45) is 0.